The molecule has 126 valence electrons. The van der Waals surface area contributed by atoms with E-state index in [0.717, 1.165) is 11.8 Å². The van der Waals surface area contributed by atoms with Gasteiger partial charge in [0.05, 0.1) is 0 Å². The molecule has 0 spiro atoms. The Morgan fingerprint density at radius 3 is 1.67 bits per heavy atom. The third-order valence-electron chi connectivity index (χ3n) is 5.67. The van der Waals surface area contributed by atoms with E-state index in [1.165, 1.54) is 83.5 Å². The second kappa shape index (κ2) is 13.6. The molecule has 0 N–H and O–H groups in total. The topological polar surface area (TPSA) is 0 Å². The molecule has 1 aliphatic rings. The van der Waals surface area contributed by atoms with Gasteiger partial charge in [0.2, 0.25) is 0 Å². The van der Waals surface area contributed by atoms with Gasteiger partial charge in [0.1, 0.15) is 0 Å². The zero-order valence-corrected chi connectivity index (χ0v) is 15.2. The van der Waals surface area contributed by atoms with Crippen molar-refractivity contribution in [3.05, 3.63) is 0 Å². The molecule has 21 heavy (non-hydrogen) atoms. The Labute approximate surface area is 135 Å². The van der Waals surface area contributed by atoms with Crippen LogP contribution in [-0.2, 0) is 0 Å². The van der Waals surface area contributed by atoms with Crippen LogP contribution in [0, 0.1) is 11.8 Å². The van der Waals surface area contributed by atoms with Crippen LogP contribution in [0.3, 0.4) is 0 Å². The molecular weight excluding hydrogens is 252 g/mol. The van der Waals surface area contributed by atoms with Crippen LogP contribution in [-0.4, -0.2) is 0 Å². The van der Waals surface area contributed by atoms with Crippen molar-refractivity contribution in [3.63, 3.8) is 0 Å². The van der Waals surface area contributed by atoms with Crippen molar-refractivity contribution in [1.82, 2.24) is 0 Å². The average molecular weight is 295 g/mol. The number of hydrogen-bond acceptors (Lipinski definition) is 0. The van der Waals surface area contributed by atoms with E-state index in [1.54, 1.807) is 25.7 Å². The van der Waals surface area contributed by atoms with Gasteiger partial charge in [0.25, 0.3) is 0 Å². The monoisotopic (exact) mass is 294 g/mol. The molecule has 0 saturated heterocycles. The fraction of sp³-hybridized carbons (Fsp3) is 1.00. The standard InChI is InChI=1S/C21H42/c1-3-5-7-9-10-13-17-20(16-12-8-6-4-2)21-18-14-11-15-19-21/h20-21H,3-19H2,1-2H3. The first-order valence-electron chi connectivity index (χ1n) is 10.4. The van der Waals surface area contributed by atoms with Gasteiger partial charge in [-0.1, -0.05) is 123 Å². The highest BCUT2D eigenvalue weighted by Crippen LogP contribution is 2.35. The molecule has 1 atom stereocenters. The summed E-state index contributed by atoms with van der Waals surface area (Å²) < 4.78 is 0. The largest absolute Gasteiger partial charge is 0.0654 e. The lowest BCUT2D eigenvalue weighted by Crippen LogP contribution is -2.18. The van der Waals surface area contributed by atoms with Crippen LogP contribution in [0.25, 0.3) is 0 Å². The molecule has 0 amide bonds. The van der Waals surface area contributed by atoms with Crippen molar-refractivity contribution < 1.29 is 0 Å². The molecule has 0 aromatic heterocycles. The maximum Gasteiger partial charge on any atom is -0.0386 e. The second-order valence-electron chi connectivity index (χ2n) is 7.56. The Bertz CT molecular complexity index is 202. The number of hydrogen-bond donors (Lipinski definition) is 0. The molecule has 0 nitrogen and oxygen atoms in total. The lowest BCUT2D eigenvalue weighted by Gasteiger charge is -2.30. The van der Waals surface area contributed by atoms with Crippen LogP contribution >= 0.6 is 0 Å². The molecule has 0 heteroatoms. The van der Waals surface area contributed by atoms with Gasteiger partial charge in [0, 0.05) is 0 Å². The molecule has 1 aliphatic carbocycles. The van der Waals surface area contributed by atoms with E-state index in [2.05, 4.69) is 13.8 Å². The smallest absolute Gasteiger partial charge is 0.0386 e. The van der Waals surface area contributed by atoms with Crippen LogP contribution in [0.15, 0.2) is 0 Å². The molecule has 0 bridgehead atoms. The lowest BCUT2D eigenvalue weighted by atomic mass is 9.75. The van der Waals surface area contributed by atoms with Crippen molar-refractivity contribution in [2.75, 3.05) is 0 Å². The summed E-state index contributed by atoms with van der Waals surface area (Å²) in [6.45, 7) is 4.64. The molecule has 1 unspecified atom stereocenters. The quantitative estimate of drug-likeness (QED) is 0.303. The summed E-state index contributed by atoms with van der Waals surface area (Å²) in [7, 11) is 0. The van der Waals surface area contributed by atoms with E-state index in [-0.39, 0.29) is 0 Å². The van der Waals surface area contributed by atoms with Crippen LogP contribution in [0.4, 0.5) is 0 Å². The number of rotatable bonds is 13. The Balaban J connectivity index is 2.19. The van der Waals surface area contributed by atoms with Crippen molar-refractivity contribution in [2.45, 2.75) is 123 Å². The SMILES string of the molecule is CCCCCCCCC(CCCCCC)C1CCCCC1. The molecular formula is C21H42. The van der Waals surface area contributed by atoms with Gasteiger partial charge in [-0.05, 0) is 11.8 Å². The molecule has 0 radical (unpaired) electrons. The highest BCUT2D eigenvalue weighted by molar-refractivity contribution is 4.74. The van der Waals surface area contributed by atoms with Gasteiger partial charge in [-0.25, -0.2) is 0 Å². The van der Waals surface area contributed by atoms with Crippen LogP contribution in [0.2, 0.25) is 0 Å². The van der Waals surface area contributed by atoms with E-state index < -0.39 is 0 Å². The van der Waals surface area contributed by atoms with E-state index in [9.17, 15) is 0 Å². The van der Waals surface area contributed by atoms with Gasteiger partial charge in [0.15, 0.2) is 0 Å². The van der Waals surface area contributed by atoms with Gasteiger partial charge >= 0.3 is 0 Å². The van der Waals surface area contributed by atoms with E-state index in [1.807, 2.05) is 0 Å². The molecule has 1 saturated carbocycles. The summed E-state index contributed by atoms with van der Waals surface area (Å²) in [5.74, 6) is 2.17. The van der Waals surface area contributed by atoms with E-state index in [0.29, 0.717) is 0 Å². The molecule has 1 rings (SSSR count). The van der Waals surface area contributed by atoms with Gasteiger partial charge in [-0.2, -0.15) is 0 Å². The van der Waals surface area contributed by atoms with Crippen LogP contribution < -0.4 is 0 Å². The minimum absolute atomic E-state index is 1.08. The molecule has 0 heterocycles. The fourth-order valence-corrected chi connectivity index (χ4v) is 4.24. The molecule has 1 fully saturated rings. The van der Waals surface area contributed by atoms with Gasteiger partial charge in [-0.15, -0.1) is 0 Å². The Morgan fingerprint density at radius 1 is 0.619 bits per heavy atom. The maximum absolute atomic E-state index is 2.33. The molecule has 0 aromatic rings. The first-order valence-corrected chi connectivity index (χ1v) is 10.4. The minimum Gasteiger partial charge on any atom is -0.0654 e. The van der Waals surface area contributed by atoms with Crippen LogP contribution in [0.5, 0.6) is 0 Å². The summed E-state index contributed by atoms with van der Waals surface area (Å²) in [6, 6.07) is 0. The van der Waals surface area contributed by atoms with E-state index in [4.69, 9.17) is 0 Å². The van der Waals surface area contributed by atoms with Crippen LogP contribution in [0.1, 0.15) is 123 Å². The molecule has 0 aromatic carbocycles. The summed E-state index contributed by atoms with van der Waals surface area (Å²) in [6.07, 6.45) is 25.4. The molecule has 0 aliphatic heterocycles. The highest BCUT2D eigenvalue weighted by Gasteiger charge is 2.22. The predicted molar refractivity (Wildman–Crippen MR) is 96.8 cm³/mol. The predicted octanol–water partition coefficient (Wildman–Crippen LogP) is 7.90. The average Bonchev–Trinajstić information content (AvgIpc) is 2.53. The fourth-order valence-electron chi connectivity index (χ4n) is 4.24. The first kappa shape index (κ1) is 19.0. The number of unbranched alkanes of at least 4 members (excludes halogenated alkanes) is 8. The summed E-state index contributed by atoms with van der Waals surface area (Å²) in [5, 5.41) is 0. The zero-order valence-electron chi connectivity index (χ0n) is 15.2. The Morgan fingerprint density at radius 2 is 1.10 bits per heavy atom. The highest BCUT2D eigenvalue weighted by atomic mass is 14.3. The van der Waals surface area contributed by atoms with Crippen molar-refractivity contribution in [1.29, 1.82) is 0 Å². The van der Waals surface area contributed by atoms with Crippen molar-refractivity contribution in [3.8, 4) is 0 Å². The van der Waals surface area contributed by atoms with Gasteiger partial charge in [-0.3, -0.25) is 0 Å². The van der Waals surface area contributed by atoms with Gasteiger partial charge < -0.3 is 0 Å². The van der Waals surface area contributed by atoms with Crippen molar-refractivity contribution in [2.24, 2.45) is 11.8 Å². The van der Waals surface area contributed by atoms with Crippen molar-refractivity contribution >= 4 is 0 Å². The summed E-state index contributed by atoms with van der Waals surface area (Å²) >= 11 is 0. The second-order valence-corrected chi connectivity index (χ2v) is 7.56. The zero-order chi connectivity index (χ0) is 15.2. The maximum atomic E-state index is 2.33. The Kier molecular flexibility index (Phi) is 12.4. The Hall–Kier alpha value is 0. The normalized spacial score (nSPS) is 18.0. The lowest BCUT2D eigenvalue weighted by molar-refractivity contribution is 0.215. The minimum atomic E-state index is 1.08. The third kappa shape index (κ3) is 9.59. The van der Waals surface area contributed by atoms with E-state index >= 15 is 0 Å². The summed E-state index contributed by atoms with van der Waals surface area (Å²) in [5.41, 5.74) is 0. The third-order valence-corrected chi connectivity index (χ3v) is 5.67. The summed E-state index contributed by atoms with van der Waals surface area (Å²) in [4.78, 5) is 0. The first-order chi connectivity index (χ1) is 10.4.